The first kappa shape index (κ1) is 15.8. The highest BCUT2D eigenvalue weighted by molar-refractivity contribution is 5.86. The molecule has 134 valence electrons. The van der Waals surface area contributed by atoms with Crippen molar-refractivity contribution in [3.63, 3.8) is 0 Å². The predicted octanol–water partition coefficient (Wildman–Crippen LogP) is 4.69. The van der Waals surface area contributed by atoms with Crippen molar-refractivity contribution in [3.05, 3.63) is 72.3 Å². The molecule has 0 unspecified atom stereocenters. The zero-order valence-electron chi connectivity index (χ0n) is 15.1. The van der Waals surface area contributed by atoms with E-state index in [1.807, 2.05) is 36.4 Å². The van der Waals surface area contributed by atoms with E-state index in [-0.39, 0.29) is 6.17 Å². The zero-order chi connectivity index (χ0) is 18.4. The Morgan fingerprint density at radius 2 is 1.67 bits per heavy atom. The lowest BCUT2D eigenvalue weighted by Gasteiger charge is -2.30. The summed E-state index contributed by atoms with van der Waals surface area (Å²) in [7, 11) is 3.30. The summed E-state index contributed by atoms with van der Waals surface area (Å²) in [4.78, 5) is 4.91. The minimum atomic E-state index is -0.0953. The molecule has 0 spiro atoms. The van der Waals surface area contributed by atoms with E-state index in [9.17, 15) is 0 Å². The van der Waals surface area contributed by atoms with Gasteiger partial charge in [-0.3, -0.25) is 4.57 Å². The number of hydrogen-bond donors (Lipinski definition) is 1. The van der Waals surface area contributed by atoms with Crippen molar-refractivity contribution in [2.45, 2.75) is 6.17 Å². The van der Waals surface area contributed by atoms with Crippen LogP contribution in [0.25, 0.3) is 22.4 Å². The largest absolute Gasteiger partial charge is 0.493 e. The highest BCUT2D eigenvalue weighted by Gasteiger charge is 2.28. The second kappa shape index (κ2) is 6.06. The second-order valence-corrected chi connectivity index (χ2v) is 6.50. The minimum Gasteiger partial charge on any atom is -0.493 e. The van der Waals surface area contributed by atoms with Gasteiger partial charge in [-0.2, -0.15) is 0 Å². The molecule has 3 aromatic carbocycles. The van der Waals surface area contributed by atoms with Gasteiger partial charge in [0.15, 0.2) is 11.5 Å². The first-order valence-electron chi connectivity index (χ1n) is 8.85. The van der Waals surface area contributed by atoms with E-state index in [4.69, 9.17) is 14.5 Å². The SMILES string of the molecule is COc1ccc([C@H]2Nc3ccccc3-c3nc4ccccc4n32)cc1OC. The van der Waals surface area contributed by atoms with E-state index in [0.717, 1.165) is 33.7 Å². The molecule has 27 heavy (non-hydrogen) atoms. The van der Waals surface area contributed by atoms with Gasteiger partial charge in [-0.15, -0.1) is 0 Å². The third-order valence-corrected chi connectivity index (χ3v) is 5.04. The van der Waals surface area contributed by atoms with Crippen molar-refractivity contribution in [2.75, 3.05) is 19.5 Å². The van der Waals surface area contributed by atoms with Gasteiger partial charge >= 0.3 is 0 Å². The number of aromatic nitrogens is 2. The van der Waals surface area contributed by atoms with E-state index >= 15 is 0 Å². The van der Waals surface area contributed by atoms with Crippen molar-refractivity contribution < 1.29 is 9.47 Å². The topological polar surface area (TPSA) is 48.3 Å². The second-order valence-electron chi connectivity index (χ2n) is 6.50. The molecule has 1 atom stereocenters. The Balaban J connectivity index is 1.76. The number of benzene rings is 3. The van der Waals surface area contributed by atoms with Crippen molar-refractivity contribution in [2.24, 2.45) is 0 Å². The molecule has 5 nitrogen and oxygen atoms in total. The molecule has 0 fully saturated rings. The maximum Gasteiger partial charge on any atom is 0.161 e. The molecule has 5 heteroatoms. The lowest BCUT2D eigenvalue weighted by Crippen LogP contribution is -2.24. The fourth-order valence-corrected chi connectivity index (χ4v) is 3.77. The van der Waals surface area contributed by atoms with Crippen LogP contribution in [-0.2, 0) is 0 Å². The molecule has 1 N–H and O–H groups in total. The molecule has 0 bridgehead atoms. The summed E-state index contributed by atoms with van der Waals surface area (Å²) < 4.78 is 13.2. The van der Waals surface area contributed by atoms with Crippen LogP contribution < -0.4 is 14.8 Å². The van der Waals surface area contributed by atoms with Crippen molar-refractivity contribution >= 4 is 16.7 Å². The third-order valence-electron chi connectivity index (χ3n) is 5.04. The zero-order valence-corrected chi connectivity index (χ0v) is 15.1. The van der Waals surface area contributed by atoms with E-state index in [1.54, 1.807) is 14.2 Å². The number of ether oxygens (including phenoxy) is 2. The monoisotopic (exact) mass is 357 g/mol. The van der Waals surface area contributed by atoms with E-state index in [2.05, 4.69) is 40.2 Å². The molecule has 5 rings (SSSR count). The number of para-hydroxylation sites is 3. The molecular formula is C22H19N3O2. The maximum atomic E-state index is 5.52. The lowest BCUT2D eigenvalue weighted by molar-refractivity contribution is 0.354. The maximum absolute atomic E-state index is 5.52. The number of anilines is 1. The first-order valence-corrected chi connectivity index (χ1v) is 8.85. The number of fused-ring (bicyclic) bond motifs is 5. The molecule has 0 saturated carbocycles. The van der Waals surface area contributed by atoms with Gasteiger partial charge in [-0.05, 0) is 42.0 Å². The van der Waals surface area contributed by atoms with Crippen LogP contribution in [0.3, 0.4) is 0 Å². The Kier molecular flexibility index (Phi) is 3.53. The van der Waals surface area contributed by atoms with Crippen LogP contribution in [0.5, 0.6) is 11.5 Å². The van der Waals surface area contributed by atoms with E-state index < -0.39 is 0 Å². The Bertz CT molecular complexity index is 1150. The minimum absolute atomic E-state index is 0.0953. The van der Waals surface area contributed by atoms with Gasteiger partial charge in [0.2, 0.25) is 0 Å². The molecule has 1 aromatic heterocycles. The molecule has 1 aliphatic heterocycles. The summed E-state index contributed by atoms with van der Waals surface area (Å²) in [5, 5.41) is 3.66. The summed E-state index contributed by atoms with van der Waals surface area (Å²) in [5.41, 5.74) is 5.32. The van der Waals surface area contributed by atoms with E-state index in [1.165, 1.54) is 0 Å². The highest BCUT2D eigenvalue weighted by Crippen LogP contribution is 2.41. The molecule has 0 radical (unpaired) electrons. The van der Waals surface area contributed by atoms with Crippen LogP contribution in [0.2, 0.25) is 0 Å². The molecule has 0 amide bonds. The molecule has 2 heterocycles. The molecule has 0 saturated heterocycles. The van der Waals surface area contributed by atoms with Gasteiger partial charge in [-0.1, -0.05) is 30.3 Å². The summed E-state index contributed by atoms with van der Waals surface area (Å²) >= 11 is 0. The molecule has 0 aliphatic carbocycles. The van der Waals surface area contributed by atoms with Crippen LogP contribution in [0.15, 0.2) is 66.7 Å². The van der Waals surface area contributed by atoms with Crippen molar-refractivity contribution in [1.29, 1.82) is 0 Å². The van der Waals surface area contributed by atoms with Gasteiger partial charge in [0.25, 0.3) is 0 Å². The number of nitrogens with one attached hydrogen (secondary N) is 1. The first-order chi connectivity index (χ1) is 13.3. The summed E-state index contributed by atoms with van der Waals surface area (Å²) in [6.45, 7) is 0. The van der Waals surface area contributed by atoms with Crippen LogP contribution >= 0.6 is 0 Å². The molecule has 1 aliphatic rings. The summed E-state index contributed by atoms with van der Waals surface area (Å²) in [6.07, 6.45) is -0.0953. The quantitative estimate of drug-likeness (QED) is 0.578. The van der Waals surface area contributed by atoms with Gasteiger partial charge in [0.1, 0.15) is 12.0 Å². The van der Waals surface area contributed by atoms with Crippen molar-refractivity contribution in [1.82, 2.24) is 9.55 Å². The number of rotatable bonds is 3. The summed E-state index contributed by atoms with van der Waals surface area (Å²) in [5.74, 6) is 2.39. The van der Waals surface area contributed by atoms with Crippen LogP contribution in [0, 0.1) is 0 Å². The number of nitrogens with zero attached hydrogens (tertiary/aromatic N) is 2. The van der Waals surface area contributed by atoms with Crippen LogP contribution in [0.1, 0.15) is 11.7 Å². The fraction of sp³-hybridized carbons (Fsp3) is 0.136. The van der Waals surface area contributed by atoms with Gasteiger partial charge in [-0.25, -0.2) is 4.98 Å². The Morgan fingerprint density at radius 3 is 2.52 bits per heavy atom. The highest BCUT2D eigenvalue weighted by atomic mass is 16.5. The van der Waals surface area contributed by atoms with Crippen molar-refractivity contribution in [3.8, 4) is 22.9 Å². The molecular weight excluding hydrogens is 338 g/mol. The van der Waals surface area contributed by atoms with E-state index in [0.29, 0.717) is 11.5 Å². The standard InChI is InChI=1S/C22H19N3O2/c1-26-19-12-11-14(13-20(19)27-2)21-23-16-8-4-3-7-15(16)22-24-17-9-5-6-10-18(17)25(21)22/h3-13,21,23H,1-2H3/t21-/m0/s1. The number of methoxy groups -OCH3 is 2. The average molecular weight is 357 g/mol. The van der Waals surface area contributed by atoms with Crippen LogP contribution in [0.4, 0.5) is 5.69 Å². The fourth-order valence-electron chi connectivity index (χ4n) is 3.77. The Hall–Kier alpha value is -3.47. The number of imidazole rings is 1. The Labute approximate surface area is 157 Å². The van der Waals surface area contributed by atoms with Gasteiger partial charge in [0, 0.05) is 11.3 Å². The van der Waals surface area contributed by atoms with Crippen LogP contribution in [-0.4, -0.2) is 23.8 Å². The summed E-state index contributed by atoms with van der Waals surface area (Å²) in [6, 6.07) is 22.5. The molecule has 4 aromatic rings. The Morgan fingerprint density at radius 1 is 0.889 bits per heavy atom. The van der Waals surface area contributed by atoms with Gasteiger partial charge in [0.05, 0.1) is 25.3 Å². The smallest absolute Gasteiger partial charge is 0.161 e. The normalized spacial score (nSPS) is 15.0. The lowest BCUT2D eigenvalue weighted by atomic mass is 10.1. The average Bonchev–Trinajstić information content (AvgIpc) is 3.12. The third kappa shape index (κ3) is 2.35. The predicted molar refractivity (Wildman–Crippen MR) is 106 cm³/mol. The van der Waals surface area contributed by atoms with Gasteiger partial charge < -0.3 is 14.8 Å². The number of hydrogen-bond acceptors (Lipinski definition) is 4.